The van der Waals surface area contributed by atoms with Gasteiger partial charge in [-0.2, -0.15) is 5.26 Å². The third-order valence-electron chi connectivity index (χ3n) is 3.85. The molecule has 3 rings (SSSR count). The van der Waals surface area contributed by atoms with Crippen LogP contribution >= 0.6 is 0 Å². The van der Waals surface area contributed by atoms with Gasteiger partial charge in [-0.1, -0.05) is 36.4 Å². The van der Waals surface area contributed by atoms with Gasteiger partial charge in [0.05, 0.1) is 6.54 Å². The number of carbonyl (C=O) groups excluding carboxylic acids is 1. The lowest BCUT2D eigenvalue weighted by atomic mass is 10.1. The molecule has 0 aliphatic carbocycles. The summed E-state index contributed by atoms with van der Waals surface area (Å²) in [6.07, 6.45) is 3.43. The van der Waals surface area contributed by atoms with Gasteiger partial charge in [-0.25, -0.2) is 0 Å². The molecular weight excluding hydrogens is 314 g/mol. The number of hydrogen-bond acceptors (Lipinski definition) is 3. The average molecular weight is 331 g/mol. The zero-order chi connectivity index (χ0) is 17.6. The van der Waals surface area contributed by atoms with Crippen molar-refractivity contribution in [1.29, 1.82) is 5.26 Å². The van der Waals surface area contributed by atoms with Crippen LogP contribution in [0.3, 0.4) is 0 Å². The maximum atomic E-state index is 11.3. The molecule has 0 bridgehead atoms. The largest absolute Gasteiger partial charge is 0.492 e. The summed E-state index contributed by atoms with van der Waals surface area (Å²) in [6.45, 7) is 1.15. The van der Waals surface area contributed by atoms with Gasteiger partial charge in [0, 0.05) is 22.7 Å². The third-order valence-corrected chi connectivity index (χ3v) is 3.85. The molecule has 0 unspecified atom stereocenters. The van der Waals surface area contributed by atoms with Crippen molar-refractivity contribution < 1.29 is 9.53 Å². The minimum atomic E-state index is -0.730. The number of fused-ring (bicyclic) bond motifs is 1. The first-order valence-electron chi connectivity index (χ1n) is 7.86. The number of ether oxygens (including phenoxy) is 1. The van der Waals surface area contributed by atoms with E-state index >= 15 is 0 Å². The Balaban J connectivity index is 1.86. The summed E-state index contributed by atoms with van der Waals surface area (Å²) in [5, 5.41) is 10.0. The normalized spacial score (nSPS) is 11.2. The van der Waals surface area contributed by atoms with E-state index in [-0.39, 0.29) is 5.57 Å². The Morgan fingerprint density at radius 3 is 2.60 bits per heavy atom. The van der Waals surface area contributed by atoms with Crippen molar-refractivity contribution in [1.82, 2.24) is 4.57 Å². The molecular formula is C20H17N3O2. The average Bonchev–Trinajstić information content (AvgIpc) is 2.98. The van der Waals surface area contributed by atoms with E-state index < -0.39 is 5.91 Å². The molecule has 0 saturated heterocycles. The fourth-order valence-electron chi connectivity index (χ4n) is 2.67. The molecule has 0 fully saturated rings. The molecule has 2 N–H and O–H groups in total. The van der Waals surface area contributed by atoms with Gasteiger partial charge < -0.3 is 15.0 Å². The molecule has 0 aliphatic heterocycles. The van der Waals surface area contributed by atoms with Gasteiger partial charge in [0.2, 0.25) is 0 Å². The molecule has 1 aromatic heterocycles. The van der Waals surface area contributed by atoms with Gasteiger partial charge in [0.15, 0.2) is 0 Å². The number of amides is 1. The number of benzene rings is 2. The Kier molecular flexibility index (Phi) is 4.82. The maximum Gasteiger partial charge on any atom is 0.259 e. The van der Waals surface area contributed by atoms with Crippen LogP contribution in [-0.2, 0) is 11.3 Å². The standard InChI is InChI=1S/C20H17N3O2/c21-13-15(20(22)24)12-16-14-23(19-9-5-4-8-18(16)19)10-11-25-17-6-2-1-3-7-17/h1-9,12,14H,10-11H2,(H2,22,24). The SMILES string of the molecule is N#CC(=Cc1cn(CCOc2ccccc2)c2ccccc12)C(N)=O. The number of rotatable bonds is 6. The predicted octanol–water partition coefficient (Wildman–Crippen LogP) is 3.11. The third kappa shape index (κ3) is 3.70. The lowest BCUT2D eigenvalue weighted by Gasteiger charge is -2.08. The van der Waals surface area contributed by atoms with E-state index in [9.17, 15) is 4.79 Å². The molecule has 124 valence electrons. The van der Waals surface area contributed by atoms with E-state index in [1.807, 2.05) is 71.4 Å². The number of carbonyl (C=O) groups is 1. The van der Waals surface area contributed by atoms with E-state index in [1.54, 1.807) is 0 Å². The van der Waals surface area contributed by atoms with E-state index in [2.05, 4.69) is 0 Å². The van der Waals surface area contributed by atoms with Crippen LogP contribution in [0.2, 0.25) is 0 Å². The minimum absolute atomic E-state index is 0.0663. The van der Waals surface area contributed by atoms with E-state index in [0.717, 1.165) is 22.2 Å². The van der Waals surface area contributed by atoms with Crippen LogP contribution < -0.4 is 10.5 Å². The number of aromatic nitrogens is 1. The summed E-state index contributed by atoms with van der Waals surface area (Å²) in [5.41, 5.74) is 6.96. The molecule has 1 amide bonds. The van der Waals surface area contributed by atoms with Crippen molar-refractivity contribution in [3.8, 4) is 11.8 Å². The van der Waals surface area contributed by atoms with Gasteiger partial charge in [-0.3, -0.25) is 4.79 Å². The topological polar surface area (TPSA) is 81.0 Å². The molecule has 1 heterocycles. The van der Waals surface area contributed by atoms with Crippen LogP contribution in [0.1, 0.15) is 5.56 Å². The smallest absolute Gasteiger partial charge is 0.259 e. The Morgan fingerprint density at radius 2 is 1.88 bits per heavy atom. The van der Waals surface area contributed by atoms with Crippen molar-refractivity contribution >= 4 is 22.9 Å². The number of nitrogens with two attached hydrogens (primary N) is 1. The summed E-state index contributed by atoms with van der Waals surface area (Å²) in [4.78, 5) is 11.3. The first-order chi connectivity index (χ1) is 12.2. The van der Waals surface area contributed by atoms with Crippen molar-refractivity contribution in [2.75, 3.05) is 6.61 Å². The molecule has 5 heteroatoms. The number of nitrogens with zero attached hydrogens (tertiary/aromatic N) is 2. The number of primary amides is 1. The molecule has 5 nitrogen and oxygen atoms in total. The molecule has 0 spiro atoms. The minimum Gasteiger partial charge on any atom is -0.492 e. The fourth-order valence-corrected chi connectivity index (χ4v) is 2.67. The van der Waals surface area contributed by atoms with Crippen LogP contribution in [0, 0.1) is 11.3 Å². The second-order valence-electron chi connectivity index (χ2n) is 5.49. The van der Waals surface area contributed by atoms with Gasteiger partial charge in [0.25, 0.3) is 5.91 Å². The zero-order valence-electron chi connectivity index (χ0n) is 13.6. The van der Waals surface area contributed by atoms with Crippen LogP contribution in [0.15, 0.2) is 66.4 Å². The highest BCUT2D eigenvalue weighted by atomic mass is 16.5. The highest BCUT2D eigenvalue weighted by molar-refractivity contribution is 6.03. The number of para-hydroxylation sites is 2. The maximum absolute atomic E-state index is 11.3. The van der Waals surface area contributed by atoms with Crippen molar-refractivity contribution in [3.05, 3.63) is 71.9 Å². The summed E-state index contributed by atoms with van der Waals surface area (Å²) in [5.74, 6) is 0.0892. The summed E-state index contributed by atoms with van der Waals surface area (Å²) in [6, 6.07) is 19.3. The second kappa shape index (κ2) is 7.37. The van der Waals surface area contributed by atoms with Crippen LogP contribution in [-0.4, -0.2) is 17.1 Å². The van der Waals surface area contributed by atoms with E-state index in [1.165, 1.54) is 6.08 Å². The highest BCUT2D eigenvalue weighted by Crippen LogP contribution is 2.23. The first-order valence-corrected chi connectivity index (χ1v) is 7.86. The van der Waals surface area contributed by atoms with Crippen LogP contribution in [0.4, 0.5) is 0 Å². The molecule has 0 saturated carbocycles. The van der Waals surface area contributed by atoms with Crippen LogP contribution in [0.5, 0.6) is 5.75 Å². The lowest BCUT2D eigenvalue weighted by Crippen LogP contribution is -2.12. The van der Waals surface area contributed by atoms with Gasteiger partial charge >= 0.3 is 0 Å². The second-order valence-corrected chi connectivity index (χ2v) is 5.49. The van der Waals surface area contributed by atoms with Crippen molar-refractivity contribution in [3.63, 3.8) is 0 Å². The number of nitriles is 1. The fraction of sp³-hybridized carbons (Fsp3) is 0.100. The van der Waals surface area contributed by atoms with Gasteiger partial charge in [-0.05, 0) is 24.3 Å². The molecule has 0 radical (unpaired) electrons. The molecule has 25 heavy (non-hydrogen) atoms. The monoisotopic (exact) mass is 331 g/mol. The Bertz CT molecular complexity index is 966. The van der Waals surface area contributed by atoms with Gasteiger partial charge in [0.1, 0.15) is 24.0 Å². The zero-order valence-corrected chi connectivity index (χ0v) is 13.6. The summed E-state index contributed by atoms with van der Waals surface area (Å²) >= 11 is 0. The first kappa shape index (κ1) is 16.3. The molecule has 0 aliphatic rings. The molecule has 3 aromatic rings. The predicted molar refractivity (Wildman–Crippen MR) is 96.7 cm³/mol. The Morgan fingerprint density at radius 1 is 1.16 bits per heavy atom. The van der Waals surface area contributed by atoms with Crippen molar-refractivity contribution in [2.24, 2.45) is 5.73 Å². The molecule has 0 atom stereocenters. The summed E-state index contributed by atoms with van der Waals surface area (Å²) in [7, 11) is 0. The molecule has 2 aromatic carbocycles. The lowest BCUT2D eigenvalue weighted by molar-refractivity contribution is -0.114. The number of hydrogen-bond donors (Lipinski definition) is 1. The summed E-state index contributed by atoms with van der Waals surface area (Å²) < 4.78 is 7.79. The highest BCUT2D eigenvalue weighted by Gasteiger charge is 2.10. The van der Waals surface area contributed by atoms with Gasteiger partial charge in [-0.15, -0.1) is 0 Å². The van der Waals surface area contributed by atoms with Crippen molar-refractivity contribution in [2.45, 2.75) is 6.54 Å². The van der Waals surface area contributed by atoms with Crippen LogP contribution in [0.25, 0.3) is 17.0 Å². The van der Waals surface area contributed by atoms with E-state index in [4.69, 9.17) is 15.7 Å². The Hall–Kier alpha value is -3.52. The Labute approximate surface area is 145 Å². The van der Waals surface area contributed by atoms with E-state index in [0.29, 0.717) is 13.2 Å². The quantitative estimate of drug-likeness (QED) is 0.556.